The normalized spacial score (nSPS) is 16.3. The van der Waals surface area contributed by atoms with Gasteiger partial charge in [0.05, 0.1) is 24.7 Å². The van der Waals surface area contributed by atoms with Crippen molar-refractivity contribution in [3.05, 3.63) is 42.5 Å². The van der Waals surface area contributed by atoms with Crippen molar-refractivity contribution >= 4 is 35.0 Å². The van der Waals surface area contributed by atoms with Gasteiger partial charge in [0.25, 0.3) is 0 Å². The molecule has 6 nitrogen and oxygen atoms in total. The summed E-state index contributed by atoms with van der Waals surface area (Å²) in [6, 6.07) is 13.2. The summed E-state index contributed by atoms with van der Waals surface area (Å²) >= 11 is 1.54. The zero-order valence-electron chi connectivity index (χ0n) is 17.1. The highest BCUT2D eigenvalue weighted by Crippen LogP contribution is 2.35. The number of ether oxygens (including phenoxy) is 2. The van der Waals surface area contributed by atoms with Crippen LogP contribution in [-0.4, -0.2) is 37.3 Å². The number of para-hydroxylation sites is 1. The number of carbonyl (C=O) groups excluding carboxylic acids is 2. The predicted molar refractivity (Wildman–Crippen MR) is 119 cm³/mol. The number of nitrogens with zero attached hydrogens (tertiary/aromatic N) is 1. The molecule has 2 aromatic rings. The van der Waals surface area contributed by atoms with E-state index in [-0.39, 0.29) is 24.3 Å². The highest BCUT2D eigenvalue weighted by Gasteiger charge is 2.25. The van der Waals surface area contributed by atoms with Crippen LogP contribution in [0.1, 0.15) is 32.1 Å². The number of anilines is 2. The Morgan fingerprint density at radius 3 is 2.77 bits per heavy atom. The standard InChI is InChI=1S/C23H26N2O4S/c1-28-19-11-10-16(14-20(19)29-17-6-2-3-7-17)24-22(26)12-13-25-18-8-4-5-9-21(18)30-15-23(25)27/h4-5,8-11,14,17H,2-3,6-7,12-13,15H2,1H3,(H,24,26). The van der Waals surface area contributed by atoms with Crippen LogP contribution in [0.15, 0.2) is 47.4 Å². The number of carbonyl (C=O) groups is 2. The van der Waals surface area contributed by atoms with Gasteiger partial charge in [-0.25, -0.2) is 0 Å². The van der Waals surface area contributed by atoms with Crippen molar-refractivity contribution in [1.29, 1.82) is 0 Å². The smallest absolute Gasteiger partial charge is 0.237 e. The highest BCUT2D eigenvalue weighted by molar-refractivity contribution is 8.00. The third-order valence-corrected chi connectivity index (χ3v) is 6.46. The summed E-state index contributed by atoms with van der Waals surface area (Å²) in [7, 11) is 1.61. The van der Waals surface area contributed by atoms with Gasteiger partial charge in [0.2, 0.25) is 11.8 Å². The second-order valence-corrected chi connectivity index (χ2v) is 8.51. The van der Waals surface area contributed by atoms with Crippen LogP contribution in [-0.2, 0) is 9.59 Å². The zero-order chi connectivity index (χ0) is 20.9. The molecule has 0 spiro atoms. The van der Waals surface area contributed by atoms with E-state index in [1.54, 1.807) is 18.1 Å². The fourth-order valence-corrected chi connectivity index (χ4v) is 4.80. The molecule has 1 aliphatic carbocycles. The molecule has 2 amide bonds. The maximum atomic E-state index is 12.6. The highest BCUT2D eigenvalue weighted by atomic mass is 32.2. The fraction of sp³-hybridized carbons (Fsp3) is 0.391. The number of nitrogens with one attached hydrogen (secondary N) is 1. The number of hydrogen-bond donors (Lipinski definition) is 1. The molecule has 7 heteroatoms. The van der Waals surface area contributed by atoms with E-state index in [1.165, 1.54) is 24.6 Å². The minimum atomic E-state index is -0.143. The zero-order valence-corrected chi connectivity index (χ0v) is 17.9. The van der Waals surface area contributed by atoms with Gasteiger partial charge in [-0.3, -0.25) is 9.59 Å². The summed E-state index contributed by atoms with van der Waals surface area (Å²) in [5.41, 5.74) is 1.54. The molecule has 1 fully saturated rings. The molecule has 158 valence electrons. The van der Waals surface area contributed by atoms with Gasteiger partial charge >= 0.3 is 0 Å². The first kappa shape index (κ1) is 20.6. The largest absolute Gasteiger partial charge is 0.493 e. The van der Waals surface area contributed by atoms with E-state index in [0.717, 1.165) is 23.4 Å². The predicted octanol–water partition coefficient (Wildman–Crippen LogP) is 4.48. The molecule has 2 aliphatic rings. The lowest BCUT2D eigenvalue weighted by Gasteiger charge is -2.28. The molecule has 0 aromatic heterocycles. The van der Waals surface area contributed by atoms with Gasteiger partial charge in [0, 0.05) is 29.6 Å². The number of fused-ring (bicyclic) bond motifs is 1. The minimum Gasteiger partial charge on any atom is -0.493 e. The van der Waals surface area contributed by atoms with E-state index in [9.17, 15) is 9.59 Å². The first-order valence-corrected chi connectivity index (χ1v) is 11.3. The molecule has 1 heterocycles. The van der Waals surface area contributed by atoms with Crippen LogP contribution in [0, 0.1) is 0 Å². The van der Waals surface area contributed by atoms with Gasteiger partial charge in [-0.2, -0.15) is 0 Å². The molecule has 1 saturated carbocycles. The second kappa shape index (κ2) is 9.43. The Morgan fingerprint density at radius 2 is 1.97 bits per heavy atom. The lowest BCUT2D eigenvalue weighted by molar-refractivity contribution is -0.117. The van der Waals surface area contributed by atoms with Gasteiger partial charge in [-0.15, -0.1) is 11.8 Å². The summed E-state index contributed by atoms with van der Waals surface area (Å²) in [5, 5.41) is 2.92. The van der Waals surface area contributed by atoms with Crippen molar-refractivity contribution in [2.45, 2.75) is 43.1 Å². The molecule has 1 N–H and O–H groups in total. The molecule has 4 rings (SSSR count). The molecule has 2 aromatic carbocycles. The summed E-state index contributed by atoms with van der Waals surface area (Å²) < 4.78 is 11.5. The van der Waals surface area contributed by atoms with Gasteiger partial charge < -0.3 is 19.7 Å². The van der Waals surface area contributed by atoms with Crippen LogP contribution < -0.4 is 19.7 Å². The molecule has 0 saturated heterocycles. The van der Waals surface area contributed by atoms with E-state index >= 15 is 0 Å². The van der Waals surface area contributed by atoms with Crippen LogP contribution in [0.3, 0.4) is 0 Å². The molecule has 0 unspecified atom stereocenters. The first-order chi connectivity index (χ1) is 14.6. The van der Waals surface area contributed by atoms with Crippen molar-refractivity contribution < 1.29 is 19.1 Å². The molecular formula is C23H26N2O4S. The van der Waals surface area contributed by atoms with E-state index in [0.29, 0.717) is 29.5 Å². The quantitative estimate of drug-likeness (QED) is 0.707. The summed E-state index contributed by atoms with van der Waals surface area (Å²) in [4.78, 5) is 27.7. The summed E-state index contributed by atoms with van der Waals surface area (Å²) in [5.74, 6) is 1.60. The van der Waals surface area contributed by atoms with E-state index < -0.39 is 0 Å². The average Bonchev–Trinajstić information content (AvgIpc) is 3.26. The maximum Gasteiger partial charge on any atom is 0.237 e. The monoisotopic (exact) mass is 426 g/mol. The Kier molecular flexibility index (Phi) is 6.47. The Labute approximate surface area is 180 Å². The molecular weight excluding hydrogens is 400 g/mol. The SMILES string of the molecule is COc1ccc(NC(=O)CCN2C(=O)CSc3ccccc32)cc1OC1CCCC1. The minimum absolute atomic E-state index is 0.0307. The number of methoxy groups -OCH3 is 1. The fourth-order valence-electron chi connectivity index (χ4n) is 3.87. The molecule has 1 aliphatic heterocycles. The van der Waals surface area contributed by atoms with Gasteiger partial charge in [0.15, 0.2) is 11.5 Å². The molecule has 0 bridgehead atoms. The van der Waals surface area contributed by atoms with Crippen LogP contribution >= 0.6 is 11.8 Å². The average molecular weight is 427 g/mol. The lowest BCUT2D eigenvalue weighted by atomic mass is 10.2. The number of hydrogen-bond acceptors (Lipinski definition) is 5. The third-order valence-electron chi connectivity index (χ3n) is 5.41. The van der Waals surface area contributed by atoms with Crippen LogP contribution in [0.5, 0.6) is 11.5 Å². The Bertz CT molecular complexity index is 927. The number of benzene rings is 2. The Hall–Kier alpha value is -2.67. The lowest BCUT2D eigenvalue weighted by Crippen LogP contribution is -2.37. The first-order valence-electron chi connectivity index (χ1n) is 10.3. The second-order valence-electron chi connectivity index (χ2n) is 7.49. The molecule has 0 atom stereocenters. The van der Waals surface area contributed by atoms with Crippen LogP contribution in [0.2, 0.25) is 0 Å². The maximum absolute atomic E-state index is 12.6. The topological polar surface area (TPSA) is 67.9 Å². The van der Waals surface area contributed by atoms with Crippen molar-refractivity contribution in [1.82, 2.24) is 0 Å². The van der Waals surface area contributed by atoms with Crippen LogP contribution in [0.4, 0.5) is 11.4 Å². The number of rotatable bonds is 7. The van der Waals surface area contributed by atoms with Gasteiger partial charge in [-0.1, -0.05) is 12.1 Å². The summed E-state index contributed by atoms with van der Waals surface area (Å²) in [6.45, 7) is 0.351. The number of amides is 2. The van der Waals surface area contributed by atoms with Crippen molar-refractivity contribution in [2.24, 2.45) is 0 Å². The Balaban J connectivity index is 1.39. The number of thioether (sulfide) groups is 1. The van der Waals surface area contributed by atoms with E-state index in [1.807, 2.05) is 36.4 Å². The van der Waals surface area contributed by atoms with Crippen molar-refractivity contribution in [3.63, 3.8) is 0 Å². The van der Waals surface area contributed by atoms with Gasteiger partial charge in [-0.05, 0) is 49.9 Å². The summed E-state index contributed by atoms with van der Waals surface area (Å²) in [6.07, 6.45) is 4.87. The van der Waals surface area contributed by atoms with Crippen LogP contribution in [0.25, 0.3) is 0 Å². The molecule has 0 radical (unpaired) electrons. The van der Waals surface area contributed by atoms with E-state index in [4.69, 9.17) is 9.47 Å². The third kappa shape index (κ3) is 4.73. The van der Waals surface area contributed by atoms with Crippen molar-refractivity contribution in [3.8, 4) is 11.5 Å². The van der Waals surface area contributed by atoms with E-state index in [2.05, 4.69) is 5.32 Å². The van der Waals surface area contributed by atoms with Crippen molar-refractivity contribution in [2.75, 3.05) is 29.6 Å². The van der Waals surface area contributed by atoms with Gasteiger partial charge in [0.1, 0.15) is 0 Å². The Morgan fingerprint density at radius 1 is 1.17 bits per heavy atom. The molecule has 30 heavy (non-hydrogen) atoms.